The number of rotatable bonds is 1. The molecule has 0 aliphatic rings. The van der Waals surface area contributed by atoms with Crippen molar-refractivity contribution in [1.82, 2.24) is 0 Å². The Hall–Kier alpha value is -0.450. The Kier molecular flexibility index (Phi) is 2.59. The molecule has 0 unspecified atom stereocenters. The van der Waals surface area contributed by atoms with E-state index in [1.807, 2.05) is 19.1 Å². The van der Waals surface area contributed by atoms with Gasteiger partial charge in [-0.05, 0) is 47.2 Å². The van der Waals surface area contributed by atoms with Gasteiger partial charge in [0.15, 0.2) is 0 Å². The molecule has 2 N–H and O–H groups in total. The van der Waals surface area contributed by atoms with Crippen molar-refractivity contribution in [3.05, 3.63) is 21.3 Å². The van der Waals surface area contributed by atoms with Crippen LogP contribution in [-0.2, 0) is 0 Å². The third-order valence-electron chi connectivity index (χ3n) is 1.55. The maximum atomic E-state index is 5.74. The third-order valence-corrected chi connectivity index (χ3v) is 2.44. The molecule has 2 nitrogen and oxygen atoms in total. The van der Waals surface area contributed by atoms with Crippen LogP contribution in [0.4, 0.5) is 5.69 Å². The average molecular weight is 263 g/mol. The fourth-order valence-corrected chi connectivity index (χ4v) is 1.57. The van der Waals surface area contributed by atoms with Gasteiger partial charge in [0.2, 0.25) is 0 Å². The molecule has 0 saturated carbocycles. The van der Waals surface area contributed by atoms with Gasteiger partial charge in [0, 0.05) is 9.26 Å². The lowest BCUT2D eigenvalue weighted by molar-refractivity contribution is 0.414. The van der Waals surface area contributed by atoms with Gasteiger partial charge in [0.1, 0.15) is 5.75 Å². The van der Waals surface area contributed by atoms with Gasteiger partial charge in [0.25, 0.3) is 0 Å². The smallest absolute Gasteiger partial charge is 0.120 e. The summed E-state index contributed by atoms with van der Waals surface area (Å²) in [6, 6.07) is 3.85. The summed E-state index contributed by atoms with van der Waals surface area (Å²) in [5.41, 5.74) is 7.65. The highest BCUT2D eigenvalue weighted by Crippen LogP contribution is 2.24. The van der Waals surface area contributed by atoms with E-state index in [9.17, 15) is 0 Å². The van der Waals surface area contributed by atoms with E-state index in [1.165, 1.54) is 0 Å². The fraction of sp³-hybridized carbons (Fsp3) is 0.250. The molecule has 1 aromatic rings. The number of aryl methyl sites for hydroxylation is 1. The number of methoxy groups -OCH3 is 1. The minimum absolute atomic E-state index is 0.839. The van der Waals surface area contributed by atoms with Gasteiger partial charge >= 0.3 is 0 Å². The first-order valence-electron chi connectivity index (χ1n) is 3.24. The van der Waals surface area contributed by atoms with Crippen molar-refractivity contribution in [2.75, 3.05) is 12.8 Å². The van der Waals surface area contributed by atoms with Gasteiger partial charge in [-0.2, -0.15) is 0 Å². The number of nitrogen functional groups attached to an aromatic ring is 1. The molecule has 0 bridgehead atoms. The van der Waals surface area contributed by atoms with Crippen LogP contribution >= 0.6 is 22.6 Å². The van der Waals surface area contributed by atoms with Gasteiger partial charge < -0.3 is 10.5 Å². The molecule has 0 fully saturated rings. The predicted molar refractivity (Wildman–Crippen MR) is 54.9 cm³/mol. The summed E-state index contributed by atoms with van der Waals surface area (Å²) < 4.78 is 6.11. The Morgan fingerprint density at radius 2 is 2.09 bits per heavy atom. The fourth-order valence-electron chi connectivity index (χ4n) is 0.842. The lowest BCUT2D eigenvalue weighted by Crippen LogP contribution is -1.94. The molecule has 0 aliphatic carbocycles. The van der Waals surface area contributed by atoms with Crippen molar-refractivity contribution in [1.29, 1.82) is 0 Å². The molecular weight excluding hydrogens is 253 g/mol. The van der Waals surface area contributed by atoms with Crippen molar-refractivity contribution in [3.63, 3.8) is 0 Å². The average Bonchev–Trinajstić information content (AvgIpc) is 1.99. The normalized spacial score (nSPS) is 9.73. The van der Waals surface area contributed by atoms with Crippen LogP contribution in [0.15, 0.2) is 12.1 Å². The minimum atomic E-state index is 0.839. The molecule has 60 valence electrons. The second kappa shape index (κ2) is 3.30. The zero-order valence-corrected chi connectivity index (χ0v) is 8.68. The molecule has 1 aromatic carbocycles. The molecule has 3 heteroatoms. The number of hydrogen-bond donors (Lipinski definition) is 1. The van der Waals surface area contributed by atoms with Crippen LogP contribution in [-0.4, -0.2) is 7.11 Å². The Morgan fingerprint density at radius 3 is 2.55 bits per heavy atom. The lowest BCUT2D eigenvalue weighted by Gasteiger charge is -2.05. The first-order chi connectivity index (χ1) is 5.15. The Labute approximate surface area is 79.9 Å². The van der Waals surface area contributed by atoms with Gasteiger partial charge in [-0.25, -0.2) is 0 Å². The topological polar surface area (TPSA) is 35.2 Å². The van der Waals surface area contributed by atoms with Gasteiger partial charge in [-0.3, -0.25) is 0 Å². The van der Waals surface area contributed by atoms with Crippen molar-refractivity contribution < 1.29 is 4.74 Å². The Balaban J connectivity index is 3.21. The quantitative estimate of drug-likeness (QED) is 0.622. The van der Waals surface area contributed by atoms with Crippen LogP contribution in [0.2, 0.25) is 0 Å². The summed E-state index contributed by atoms with van der Waals surface area (Å²) in [4.78, 5) is 0. The number of ether oxygens (including phenoxy) is 1. The highest BCUT2D eigenvalue weighted by Gasteiger charge is 2.01. The lowest BCUT2D eigenvalue weighted by atomic mass is 10.2. The van der Waals surface area contributed by atoms with E-state index in [-0.39, 0.29) is 0 Å². The van der Waals surface area contributed by atoms with E-state index in [0.29, 0.717) is 0 Å². The molecule has 0 amide bonds. The molecule has 0 aliphatic heterocycles. The summed E-state index contributed by atoms with van der Waals surface area (Å²) in [5, 5.41) is 0. The van der Waals surface area contributed by atoms with Crippen LogP contribution in [0.3, 0.4) is 0 Å². The van der Waals surface area contributed by atoms with E-state index in [4.69, 9.17) is 10.5 Å². The molecule has 11 heavy (non-hydrogen) atoms. The van der Waals surface area contributed by atoms with Crippen molar-refractivity contribution in [3.8, 4) is 5.75 Å². The molecule has 0 heterocycles. The highest BCUT2D eigenvalue weighted by atomic mass is 127. The molecular formula is C8H10INO. The Bertz CT molecular complexity index is 250. The van der Waals surface area contributed by atoms with E-state index in [0.717, 1.165) is 20.6 Å². The number of hydrogen-bond acceptors (Lipinski definition) is 2. The van der Waals surface area contributed by atoms with Crippen LogP contribution in [0.25, 0.3) is 0 Å². The summed E-state index contributed by atoms with van der Waals surface area (Å²) in [6.45, 7) is 1.97. The zero-order valence-electron chi connectivity index (χ0n) is 6.52. The largest absolute Gasteiger partial charge is 0.497 e. The highest BCUT2D eigenvalue weighted by molar-refractivity contribution is 14.1. The zero-order chi connectivity index (χ0) is 8.43. The summed E-state index contributed by atoms with van der Waals surface area (Å²) in [7, 11) is 1.65. The third kappa shape index (κ3) is 1.77. The first-order valence-corrected chi connectivity index (χ1v) is 4.32. The maximum Gasteiger partial charge on any atom is 0.120 e. The van der Waals surface area contributed by atoms with E-state index in [2.05, 4.69) is 22.6 Å². The van der Waals surface area contributed by atoms with Crippen molar-refractivity contribution >= 4 is 28.3 Å². The Morgan fingerprint density at radius 1 is 1.45 bits per heavy atom. The molecule has 0 atom stereocenters. The van der Waals surface area contributed by atoms with E-state index >= 15 is 0 Å². The standard InChI is InChI=1S/C8H10INO/c1-5-3-6(11-2)4-7(9)8(5)10/h3-4H,10H2,1-2H3. The maximum absolute atomic E-state index is 5.74. The van der Waals surface area contributed by atoms with E-state index < -0.39 is 0 Å². The second-order valence-electron chi connectivity index (χ2n) is 2.34. The van der Waals surface area contributed by atoms with Crippen LogP contribution in [0, 0.1) is 10.5 Å². The summed E-state index contributed by atoms with van der Waals surface area (Å²) in [6.07, 6.45) is 0. The van der Waals surface area contributed by atoms with Crippen LogP contribution in [0.1, 0.15) is 5.56 Å². The van der Waals surface area contributed by atoms with E-state index in [1.54, 1.807) is 7.11 Å². The molecule has 0 saturated heterocycles. The number of nitrogens with two attached hydrogens (primary N) is 1. The minimum Gasteiger partial charge on any atom is -0.497 e. The van der Waals surface area contributed by atoms with Gasteiger partial charge in [-0.1, -0.05) is 0 Å². The first kappa shape index (κ1) is 8.64. The predicted octanol–water partition coefficient (Wildman–Crippen LogP) is 2.19. The van der Waals surface area contributed by atoms with Crippen LogP contribution < -0.4 is 10.5 Å². The van der Waals surface area contributed by atoms with Gasteiger partial charge in [0.05, 0.1) is 7.11 Å². The van der Waals surface area contributed by atoms with Crippen LogP contribution in [0.5, 0.6) is 5.75 Å². The second-order valence-corrected chi connectivity index (χ2v) is 3.50. The molecule has 0 aromatic heterocycles. The SMILES string of the molecule is COc1cc(C)c(N)c(I)c1. The summed E-state index contributed by atoms with van der Waals surface area (Å²) >= 11 is 2.19. The monoisotopic (exact) mass is 263 g/mol. The number of anilines is 1. The summed E-state index contributed by atoms with van der Waals surface area (Å²) in [5.74, 6) is 0.862. The molecule has 0 spiro atoms. The van der Waals surface area contributed by atoms with Crippen molar-refractivity contribution in [2.24, 2.45) is 0 Å². The van der Waals surface area contributed by atoms with Gasteiger partial charge in [-0.15, -0.1) is 0 Å². The number of halogens is 1. The molecule has 1 rings (SSSR count). The number of benzene rings is 1. The molecule has 0 radical (unpaired) electrons. The van der Waals surface area contributed by atoms with Crippen molar-refractivity contribution in [2.45, 2.75) is 6.92 Å².